The second kappa shape index (κ2) is 8.23. The fraction of sp³-hybridized carbons (Fsp3) is 0.708. The number of ether oxygens (including phenoxy) is 3. The highest BCUT2D eigenvalue weighted by Gasteiger charge is 2.68. The molecule has 1 spiro atoms. The van der Waals surface area contributed by atoms with E-state index in [1.165, 1.54) is 0 Å². The molecule has 4 rings (SSSR count). The van der Waals surface area contributed by atoms with Gasteiger partial charge >= 0.3 is 6.61 Å². The molecule has 3 fully saturated rings. The Labute approximate surface area is 182 Å². The lowest BCUT2D eigenvalue weighted by Crippen LogP contribution is -2.58. The lowest BCUT2D eigenvalue weighted by Gasteiger charge is -2.53. The molecule has 2 saturated carbocycles. The second-order valence-electron chi connectivity index (χ2n) is 9.71. The number of hydrogen-bond acceptors (Lipinski definition) is 4. The number of fused-ring (bicyclic) bond motifs is 1. The topological polar surface area (TPSA) is 56.8 Å². The summed E-state index contributed by atoms with van der Waals surface area (Å²) in [5.41, 5.74) is 0.945. The summed E-state index contributed by atoms with van der Waals surface area (Å²) in [6.45, 7) is 6.30. The van der Waals surface area contributed by atoms with Crippen LogP contribution in [0.3, 0.4) is 0 Å². The molecule has 172 valence electrons. The van der Waals surface area contributed by atoms with Gasteiger partial charge in [-0.2, -0.15) is 8.78 Å². The molecule has 0 aromatic heterocycles. The zero-order valence-corrected chi connectivity index (χ0v) is 18.8. The summed E-state index contributed by atoms with van der Waals surface area (Å²) < 4.78 is 42.1. The average molecular weight is 438 g/mol. The number of benzene rings is 1. The van der Waals surface area contributed by atoms with E-state index < -0.39 is 6.61 Å². The Hall–Kier alpha value is -1.89. The minimum atomic E-state index is -2.91. The number of alkyl halides is 2. The lowest BCUT2D eigenvalue weighted by atomic mass is 9.59. The Bertz CT molecular complexity index is 830. The molecule has 1 aromatic rings. The maximum Gasteiger partial charge on any atom is 0.387 e. The van der Waals surface area contributed by atoms with Crippen molar-refractivity contribution in [1.82, 2.24) is 5.32 Å². The molecule has 2 bridgehead atoms. The van der Waals surface area contributed by atoms with Crippen LogP contribution in [0.25, 0.3) is 0 Å². The maximum absolute atomic E-state index is 12.8. The van der Waals surface area contributed by atoms with Crippen LogP contribution in [0, 0.1) is 22.7 Å². The van der Waals surface area contributed by atoms with Gasteiger partial charge in [0.15, 0.2) is 11.5 Å². The Morgan fingerprint density at radius 1 is 1.29 bits per heavy atom. The van der Waals surface area contributed by atoms with Gasteiger partial charge in [0.05, 0.1) is 12.7 Å². The molecule has 0 radical (unpaired) electrons. The second-order valence-corrected chi connectivity index (χ2v) is 9.71. The number of rotatable bonds is 7. The van der Waals surface area contributed by atoms with Gasteiger partial charge in [-0.1, -0.05) is 26.8 Å². The van der Waals surface area contributed by atoms with Crippen molar-refractivity contribution in [1.29, 1.82) is 0 Å². The summed E-state index contributed by atoms with van der Waals surface area (Å²) >= 11 is 0. The first-order valence-electron chi connectivity index (χ1n) is 11.4. The zero-order chi connectivity index (χ0) is 22.4. The van der Waals surface area contributed by atoms with Crippen LogP contribution in [0.15, 0.2) is 18.2 Å². The van der Waals surface area contributed by atoms with Gasteiger partial charge in [-0.3, -0.25) is 4.79 Å². The fourth-order valence-corrected chi connectivity index (χ4v) is 6.54. The van der Waals surface area contributed by atoms with Crippen molar-refractivity contribution in [2.75, 3.05) is 13.2 Å². The van der Waals surface area contributed by atoms with Crippen LogP contribution in [-0.2, 0) is 9.53 Å². The van der Waals surface area contributed by atoms with Crippen LogP contribution >= 0.6 is 0 Å². The minimum Gasteiger partial charge on any atom is -0.490 e. The normalized spacial score (nSPS) is 33.3. The van der Waals surface area contributed by atoms with Crippen LogP contribution in [0.4, 0.5) is 8.78 Å². The highest BCUT2D eigenvalue weighted by Crippen LogP contribution is 2.70. The third-order valence-electron chi connectivity index (χ3n) is 7.94. The van der Waals surface area contributed by atoms with Gasteiger partial charge in [0.2, 0.25) is 5.91 Å². The van der Waals surface area contributed by atoms with Crippen LogP contribution in [0.5, 0.6) is 11.5 Å². The van der Waals surface area contributed by atoms with Crippen LogP contribution in [0.1, 0.15) is 65.0 Å². The molecule has 3 aliphatic rings. The molecule has 5 nitrogen and oxygen atoms in total. The molecule has 1 aromatic carbocycles. The van der Waals surface area contributed by atoms with E-state index in [4.69, 9.17) is 9.47 Å². The van der Waals surface area contributed by atoms with Crippen molar-refractivity contribution in [3.05, 3.63) is 23.8 Å². The first-order valence-corrected chi connectivity index (χ1v) is 11.4. The van der Waals surface area contributed by atoms with E-state index in [-0.39, 0.29) is 40.6 Å². The van der Waals surface area contributed by atoms with Gasteiger partial charge in [-0.15, -0.1) is 0 Å². The van der Waals surface area contributed by atoms with Gasteiger partial charge in [-0.25, -0.2) is 0 Å². The Kier molecular flexibility index (Phi) is 5.92. The molecule has 5 atom stereocenters. The molecular weight excluding hydrogens is 404 g/mol. The van der Waals surface area contributed by atoms with E-state index in [0.29, 0.717) is 31.3 Å². The SMILES string of the molecule is CCOc1cc([C@H]2OCCC34C[C@@H](C[C@H]23)C(C)(C)[C@H]4NC(=O)CC)ccc1OC(F)F. The smallest absolute Gasteiger partial charge is 0.387 e. The van der Waals surface area contributed by atoms with Gasteiger partial charge in [0, 0.05) is 19.1 Å². The van der Waals surface area contributed by atoms with Gasteiger partial charge in [0.1, 0.15) is 0 Å². The molecule has 1 aliphatic heterocycles. The van der Waals surface area contributed by atoms with Crippen molar-refractivity contribution >= 4 is 5.91 Å². The maximum atomic E-state index is 12.8. The van der Waals surface area contributed by atoms with E-state index in [2.05, 4.69) is 23.9 Å². The predicted molar refractivity (Wildman–Crippen MR) is 112 cm³/mol. The monoisotopic (exact) mass is 437 g/mol. The predicted octanol–water partition coefficient (Wildman–Crippen LogP) is 5.10. The zero-order valence-electron chi connectivity index (χ0n) is 18.8. The largest absolute Gasteiger partial charge is 0.490 e. The Morgan fingerprint density at radius 2 is 2.06 bits per heavy atom. The van der Waals surface area contributed by atoms with Gasteiger partial charge in [0.25, 0.3) is 0 Å². The van der Waals surface area contributed by atoms with Crippen LogP contribution in [0.2, 0.25) is 0 Å². The Morgan fingerprint density at radius 3 is 2.74 bits per heavy atom. The molecule has 1 N–H and O–H groups in total. The highest BCUT2D eigenvalue weighted by molar-refractivity contribution is 5.76. The van der Waals surface area contributed by atoms with Crippen LogP contribution < -0.4 is 14.8 Å². The average Bonchev–Trinajstić information content (AvgIpc) is 3.21. The van der Waals surface area contributed by atoms with E-state index in [0.717, 1.165) is 24.8 Å². The molecule has 1 saturated heterocycles. The van der Waals surface area contributed by atoms with E-state index in [9.17, 15) is 13.6 Å². The lowest BCUT2D eigenvalue weighted by molar-refractivity contribution is -0.137. The quantitative estimate of drug-likeness (QED) is 0.645. The number of amides is 1. The number of nitrogens with one attached hydrogen (secondary N) is 1. The summed E-state index contributed by atoms with van der Waals surface area (Å²) in [4.78, 5) is 12.4. The van der Waals surface area contributed by atoms with Gasteiger partial charge in [-0.05, 0) is 66.5 Å². The molecule has 1 heterocycles. The summed E-state index contributed by atoms with van der Waals surface area (Å²) in [7, 11) is 0. The van der Waals surface area contributed by atoms with E-state index in [1.807, 2.05) is 13.8 Å². The van der Waals surface area contributed by atoms with Crippen molar-refractivity contribution in [2.24, 2.45) is 22.7 Å². The fourth-order valence-electron chi connectivity index (χ4n) is 6.54. The van der Waals surface area contributed by atoms with Crippen molar-refractivity contribution in [2.45, 2.75) is 72.1 Å². The first kappa shape index (κ1) is 22.3. The third kappa shape index (κ3) is 3.69. The summed E-state index contributed by atoms with van der Waals surface area (Å²) in [6.07, 6.45) is 3.37. The van der Waals surface area contributed by atoms with Crippen LogP contribution in [-0.4, -0.2) is 31.8 Å². The minimum absolute atomic E-state index is 0.00810. The number of carbonyl (C=O) groups is 1. The summed E-state index contributed by atoms with van der Waals surface area (Å²) in [6, 6.07) is 5.24. The highest BCUT2D eigenvalue weighted by atomic mass is 19.3. The van der Waals surface area contributed by atoms with E-state index in [1.54, 1.807) is 18.2 Å². The molecule has 2 aliphatic carbocycles. The molecular formula is C24H33F2NO4. The Balaban J connectivity index is 1.66. The summed E-state index contributed by atoms with van der Waals surface area (Å²) in [5, 5.41) is 3.35. The molecule has 7 heteroatoms. The van der Waals surface area contributed by atoms with Crippen molar-refractivity contribution < 1.29 is 27.8 Å². The molecule has 1 unspecified atom stereocenters. The number of hydrogen-bond donors (Lipinski definition) is 1. The standard InChI is InChI=1S/C24H33F2NO4/c1-5-19(28)27-21-23(3,4)15-12-16-20(30-10-9-24(16,21)13-15)14-7-8-17(31-22(25)26)18(11-14)29-6-2/h7-8,11,15-16,20-22H,5-6,9-10,12-13H2,1-4H3,(H,27,28)/t15-,16-,20-,21-,24?/m1/s1. The number of halogens is 2. The third-order valence-corrected chi connectivity index (χ3v) is 7.94. The molecule has 31 heavy (non-hydrogen) atoms. The van der Waals surface area contributed by atoms with E-state index >= 15 is 0 Å². The van der Waals surface area contributed by atoms with Crippen molar-refractivity contribution in [3.8, 4) is 11.5 Å². The summed E-state index contributed by atoms with van der Waals surface area (Å²) in [5.74, 6) is 1.21. The molecule has 1 amide bonds. The van der Waals surface area contributed by atoms with Crippen molar-refractivity contribution in [3.63, 3.8) is 0 Å². The first-order chi connectivity index (χ1) is 14.7. The van der Waals surface area contributed by atoms with Gasteiger partial charge < -0.3 is 19.5 Å². The number of carbonyl (C=O) groups excluding carboxylic acids is 1.